The highest BCUT2D eigenvalue weighted by Gasteiger charge is 2.14. The summed E-state index contributed by atoms with van der Waals surface area (Å²) >= 11 is 12.1. The topological polar surface area (TPSA) is 54.7 Å². The second-order valence-corrected chi connectivity index (χ2v) is 5.89. The summed E-state index contributed by atoms with van der Waals surface area (Å²) in [5, 5.41) is 7.88. The average molecular weight is 332 g/mol. The van der Waals surface area contributed by atoms with Crippen molar-refractivity contribution in [1.29, 1.82) is 0 Å². The molecule has 112 valence electrons. The first kappa shape index (κ1) is 15.1. The molecule has 0 spiro atoms. The van der Waals surface area contributed by atoms with Crippen LogP contribution in [0.4, 0.5) is 0 Å². The molecular weight excluding hydrogens is 317 g/mol. The number of nitrogens with two attached hydrogens (primary N) is 1. The van der Waals surface area contributed by atoms with Crippen molar-refractivity contribution >= 4 is 23.2 Å². The van der Waals surface area contributed by atoms with Crippen molar-refractivity contribution in [3.8, 4) is 11.1 Å². The normalized spacial score (nSPS) is 12.3. The highest BCUT2D eigenvalue weighted by molar-refractivity contribution is 6.42. The van der Waals surface area contributed by atoms with Gasteiger partial charge in [-0.1, -0.05) is 53.5 Å². The molecule has 3 aromatic rings. The van der Waals surface area contributed by atoms with Crippen LogP contribution in [0.1, 0.15) is 17.0 Å². The maximum Gasteiger partial charge on any atom is 0.0595 e. The van der Waals surface area contributed by atoms with E-state index in [-0.39, 0.29) is 5.92 Å². The van der Waals surface area contributed by atoms with E-state index in [0.717, 1.165) is 22.3 Å². The Bertz CT molecular complexity index is 752. The van der Waals surface area contributed by atoms with Crippen LogP contribution in [-0.4, -0.2) is 16.7 Å². The number of hydrogen-bond acceptors (Lipinski definition) is 2. The SMILES string of the molecule is NCC(c1ccc(-c2cn[nH]c2)cc1)c1ccc(Cl)c(Cl)c1. The second-order valence-electron chi connectivity index (χ2n) is 5.07. The average Bonchev–Trinajstić information content (AvgIpc) is 3.07. The van der Waals surface area contributed by atoms with Gasteiger partial charge in [-0.2, -0.15) is 5.10 Å². The summed E-state index contributed by atoms with van der Waals surface area (Å²) in [6.07, 6.45) is 3.67. The Hall–Kier alpha value is -1.81. The van der Waals surface area contributed by atoms with Crippen LogP contribution in [0.5, 0.6) is 0 Å². The van der Waals surface area contributed by atoms with Gasteiger partial charge in [-0.15, -0.1) is 0 Å². The highest BCUT2D eigenvalue weighted by Crippen LogP contribution is 2.30. The maximum absolute atomic E-state index is 6.11. The zero-order chi connectivity index (χ0) is 15.5. The van der Waals surface area contributed by atoms with Gasteiger partial charge >= 0.3 is 0 Å². The van der Waals surface area contributed by atoms with Crippen LogP contribution in [0.2, 0.25) is 10.0 Å². The van der Waals surface area contributed by atoms with Gasteiger partial charge < -0.3 is 5.73 Å². The molecule has 0 aliphatic heterocycles. The van der Waals surface area contributed by atoms with E-state index in [0.29, 0.717) is 16.6 Å². The molecule has 1 unspecified atom stereocenters. The minimum atomic E-state index is 0.0909. The lowest BCUT2D eigenvalue weighted by Crippen LogP contribution is -2.13. The monoisotopic (exact) mass is 331 g/mol. The molecule has 3 nitrogen and oxygen atoms in total. The summed E-state index contributed by atoms with van der Waals surface area (Å²) in [7, 11) is 0. The number of H-pyrrole nitrogens is 1. The van der Waals surface area contributed by atoms with Crippen LogP contribution in [-0.2, 0) is 0 Å². The van der Waals surface area contributed by atoms with Gasteiger partial charge in [0.2, 0.25) is 0 Å². The molecule has 0 amide bonds. The molecule has 2 aromatic carbocycles. The molecule has 22 heavy (non-hydrogen) atoms. The molecule has 5 heteroatoms. The van der Waals surface area contributed by atoms with E-state index in [9.17, 15) is 0 Å². The van der Waals surface area contributed by atoms with Gasteiger partial charge in [0, 0.05) is 24.2 Å². The van der Waals surface area contributed by atoms with Crippen LogP contribution in [0, 0.1) is 0 Å². The summed E-state index contributed by atoms with van der Waals surface area (Å²) in [6.45, 7) is 0.503. The third-order valence-corrected chi connectivity index (χ3v) is 4.47. The van der Waals surface area contributed by atoms with Crippen molar-refractivity contribution in [2.24, 2.45) is 5.73 Å². The van der Waals surface area contributed by atoms with Crippen LogP contribution >= 0.6 is 23.2 Å². The molecule has 0 fully saturated rings. The summed E-state index contributed by atoms with van der Waals surface area (Å²) in [5.74, 6) is 0.0909. The van der Waals surface area contributed by atoms with Crippen LogP contribution in [0.15, 0.2) is 54.9 Å². The smallest absolute Gasteiger partial charge is 0.0595 e. The summed E-state index contributed by atoms with van der Waals surface area (Å²) in [5.41, 5.74) is 10.3. The summed E-state index contributed by atoms with van der Waals surface area (Å²) in [4.78, 5) is 0. The molecule has 0 aliphatic rings. The van der Waals surface area contributed by atoms with Gasteiger partial charge in [-0.3, -0.25) is 5.10 Å². The van der Waals surface area contributed by atoms with E-state index in [4.69, 9.17) is 28.9 Å². The van der Waals surface area contributed by atoms with Gasteiger partial charge in [0.15, 0.2) is 0 Å². The first-order chi connectivity index (χ1) is 10.7. The molecule has 0 saturated heterocycles. The van der Waals surface area contributed by atoms with Gasteiger partial charge in [-0.25, -0.2) is 0 Å². The number of nitrogens with zero attached hydrogens (tertiary/aromatic N) is 1. The fourth-order valence-corrected chi connectivity index (χ4v) is 2.82. The Morgan fingerprint density at radius 2 is 1.68 bits per heavy atom. The first-order valence-corrected chi connectivity index (χ1v) is 7.68. The largest absolute Gasteiger partial charge is 0.330 e. The minimum Gasteiger partial charge on any atom is -0.330 e. The molecule has 3 rings (SSSR count). The van der Waals surface area contributed by atoms with Crippen molar-refractivity contribution in [1.82, 2.24) is 10.2 Å². The first-order valence-electron chi connectivity index (χ1n) is 6.93. The maximum atomic E-state index is 6.11. The second kappa shape index (κ2) is 6.53. The lowest BCUT2D eigenvalue weighted by atomic mass is 9.90. The predicted octanol–water partition coefficient (Wildman–Crippen LogP) is 4.47. The summed E-state index contributed by atoms with van der Waals surface area (Å²) < 4.78 is 0. The minimum absolute atomic E-state index is 0.0909. The molecule has 0 bridgehead atoms. The quantitative estimate of drug-likeness (QED) is 0.740. The lowest BCUT2D eigenvalue weighted by molar-refractivity contribution is 0.819. The van der Waals surface area contributed by atoms with Crippen molar-refractivity contribution in [2.75, 3.05) is 6.54 Å². The van der Waals surface area contributed by atoms with Gasteiger partial charge in [0.25, 0.3) is 0 Å². The molecule has 1 atom stereocenters. The van der Waals surface area contributed by atoms with Crippen molar-refractivity contribution in [3.05, 3.63) is 76.0 Å². The Balaban J connectivity index is 1.91. The number of aromatic amines is 1. The van der Waals surface area contributed by atoms with Gasteiger partial charge in [0.05, 0.1) is 16.2 Å². The molecule has 1 heterocycles. The number of aromatic nitrogens is 2. The highest BCUT2D eigenvalue weighted by atomic mass is 35.5. The molecular formula is C17H15Cl2N3. The molecule has 0 saturated carbocycles. The number of rotatable bonds is 4. The number of halogens is 2. The third-order valence-electron chi connectivity index (χ3n) is 3.73. The van der Waals surface area contributed by atoms with Crippen molar-refractivity contribution in [2.45, 2.75) is 5.92 Å². The van der Waals surface area contributed by atoms with Gasteiger partial charge in [0.1, 0.15) is 0 Å². The third kappa shape index (κ3) is 3.02. The number of benzene rings is 2. The lowest BCUT2D eigenvalue weighted by Gasteiger charge is -2.17. The fourth-order valence-electron chi connectivity index (χ4n) is 2.51. The molecule has 3 N–H and O–H groups in total. The Morgan fingerprint density at radius 1 is 0.955 bits per heavy atom. The number of nitrogens with one attached hydrogen (secondary N) is 1. The van der Waals surface area contributed by atoms with Crippen LogP contribution < -0.4 is 5.73 Å². The zero-order valence-electron chi connectivity index (χ0n) is 11.8. The predicted molar refractivity (Wildman–Crippen MR) is 91.4 cm³/mol. The zero-order valence-corrected chi connectivity index (χ0v) is 13.3. The van der Waals surface area contributed by atoms with E-state index < -0.39 is 0 Å². The van der Waals surface area contributed by atoms with E-state index >= 15 is 0 Å². The standard InChI is InChI=1S/C17H15Cl2N3/c18-16-6-5-13(7-17(16)19)15(8-20)12-3-1-11(2-4-12)14-9-21-22-10-14/h1-7,9-10,15H,8,20H2,(H,21,22). The molecule has 1 aromatic heterocycles. The van der Waals surface area contributed by atoms with E-state index in [1.54, 1.807) is 6.20 Å². The summed E-state index contributed by atoms with van der Waals surface area (Å²) in [6, 6.07) is 14.0. The van der Waals surface area contributed by atoms with Crippen LogP contribution in [0.3, 0.4) is 0 Å². The van der Waals surface area contributed by atoms with Crippen LogP contribution in [0.25, 0.3) is 11.1 Å². The van der Waals surface area contributed by atoms with Crippen molar-refractivity contribution < 1.29 is 0 Å². The van der Waals surface area contributed by atoms with Crippen molar-refractivity contribution in [3.63, 3.8) is 0 Å². The Morgan fingerprint density at radius 3 is 2.27 bits per heavy atom. The van der Waals surface area contributed by atoms with Gasteiger partial charge in [-0.05, 0) is 28.8 Å². The van der Waals surface area contributed by atoms with E-state index in [1.165, 1.54) is 0 Å². The molecule has 0 aliphatic carbocycles. The molecule has 0 radical (unpaired) electrons. The fraction of sp³-hybridized carbons (Fsp3) is 0.118. The Labute approximate surface area is 139 Å². The van der Waals surface area contributed by atoms with E-state index in [2.05, 4.69) is 34.5 Å². The Kier molecular flexibility index (Phi) is 4.48. The number of hydrogen-bond donors (Lipinski definition) is 2. The van der Waals surface area contributed by atoms with E-state index in [1.807, 2.05) is 24.4 Å².